The van der Waals surface area contributed by atoms with Crippen LogP contribution in [0.4, 0.5) is 15.8 Å². The third-order valence-electron chi connectivity index (χ3n) is 5.82. The SMILES string of the molecule is Cc1ccc(S(=O)(=O)Nc2ccc(N3CCN(Cc4cccc(F)c4)CC3)c(C(=O)O)c2)cc1. The Morgan fingerprint density at radius 2 is 1.71 bits per heavy atom. The van der Waals surface area contributed by atoms with Crippen molar-refractivity contribution in [3.05, 3.63) is 89.2 Å². The monoisotopic (exact) mass is 483 g/mol. The number of rotatable bonds is 7. The first kappa shape index (κ1) is 23.7. The number of aromatic carboxylic acids is 1. The number of piperazine rings is 1. The number of sulfonamides is 1. The first-order valence-electron chi connectivity index (χ1n) is 10.9. The van der Waals surface area contributed by atoms with Crippen LogP contribution in [0.5, 0.6) is 0 Å². The Hall–Kier alpha value is -3.43. The van der Waals surface area contributed by atoms with Gasteiger partial charge in [-0.25, -0.2) is 17.6 Å². The van der Waals surface area contributed by atoms with Crippen LogP contribution in [0.15, 0.2) is 71.6 Å². The van der Waals surface area contributed by atoms with Gasteiger partial charge < -0.3 is 10.0 Å². The molecular weight excluding hydrogens is 457 g/mol. The summed E-state index contributed by atoms with van der Waals surface area (Å²) < 4.78 is 41.3. The van der Waals surface area contributed by atoms with E-state index >= 15 is 0 Å². The number of anilines is 2. The minimum Gasteiger partial charge on any atom is -0.478 e. The van der Waals surface area contributed by atoms with Gasteiger partial charge in [-0.2, -0.15) is 0 Å². The molecule has 34 heavy (non-hydrogen) atoms. The molecule has 4 rings (SSSR count). The van der Waals surface area contributed by atoms with Crippen molar-refractivity contribution in [3.63, 3.8) is 0 Å². The van der Waals surface area contributed by atoms with Crippen molar-refractivity contribution >= 4 is 27.4 Å². The Bertz CT molecular complexity index is 1290. The Kier molecular flexibility index (Phi) is 6.85. The molecule has 1 fully saturated rings. The Labute approximate surface area is 198 Å². The molecule has 1 aliphatic heterocycles. The van der Waals surface area contributed by atoms with Gasteiger partial charge in [-0.3, -0.25) is 9.62 Å². The van der Waals surface area contributed by atoms with Gasteiger partial charge in [0.2, 0.25) is 0 Å². The summed E-state index contributed by atoms with van der Waals surface area (Å²) in [5, 5.41) is 9.79. The zero-order valence-corrected chi connectivity index (χ0v) is 19.6. The predicted molar refractivity (Wildman–Crippen MR) is 129 cm³/mol. The Morgan fingerprint density at radius 1 is 1.00 bits per heavy atom. The zero-order valence-electron chi connectivity index (χ0n) is 18.7. The van der Waals surface area contributed by atoms with Crippen LogP contribution in [0.2, 0.25) is 0 Å². The summed E-state index contributed by atoms with van der Waals surface area (Å²) in [4.78, 5) is 16.2. The van der Waals surface area contributed by atoms with Crippen LogP contribution < -0.4 is 9.62 Å². The molecule has 7 nitrogen and oxygen atoms in total. The van der Waals surface area contributed by atoms with Gasteiger partial charge in [0.25, 0.3) is 10.0 Å². The normalized spacial score (nSPS) is 14.7. The number of hydrogen-bond acceptors (Lipinski definition) is 5. The molecule has 0 atom stereocenters. The number of halogens is 1. The Morgan fingerprint density at radius 3 is 2.35 bits per heavy atom. The van der Waals surface area contributed by atoms with Crippen molar-refractivity contribution in [2.24, 2.45) is 0 Å². The van der Waals surface area contributed by atoms with Crippen molar-refractivity contribution in [2.45, 2.75) is 18.4 Å². The van der Waals surface area contributed by atoms with Gasteiger partial charge >= 0.3 is 5.97 Å². The smallest absolute Gasteiger partial charge is 0.337 e. The second-order valence-electron chi connectivity index (χ2n) is 8.35. The summed E-state index contributed by atoms with van der Waals surface area (Å²) in [7, 11) is -3.84. The Balaban J connectivity index is 1.47. The number of benzene rings is 3. The second kappa shape index (κ2) is 9.82. The summed E-state index contributed by atoms with van der Waals surface area (Å²) in [5.74, 6) is -1.39. The summed E-state index contributed by atoms with van der Waals surface area (Å²) in [6.45, 7) is 5.07. The largest absolute Gasteiger partial charge is 0.478 e. The lowest BCUT2D eigenvalue weighted by Gasteiger charge is -2.36. The standard InChI is InChI=1S/C25H26FN3O4S/c1-18-5-8-22(9-6-18)34(32,33)27-21-7-10-24(23(16-21)25(30)31)29-13-11-28(12-14-29)17-19-3-2-4-20(26)15-19/h2-10,15-16,27H,11-14,17H2,1H3,(H,30,31). The van der Waals surface area contributed by atoms with Crippen molar-refractivity contribution < 1.29 is 22.7 Å². The number of carboxylic acid groups (broad SMARTS) is 1. The number of hydrogen-bond donors (Lipinski definition) is 2. The molecule has 0 unspecified atom stereocenters. The predicted octanol–water partition coefficient (Wildman–Crippen LogP) is 3.96. The van der Waals surface area contributed by atoms with E-state index < -0.39 is 16.0 Å². The molecule has 9 heteroatoms. The molecule has 0 bridgehead atoms. The summed E-state index contributed by atoms with van der Waals surface area (Å²) in [6, 6.07) is 17.5. The maximum atomic E-state index is 13.4. The van der Waals surface area contributed by atoms with E-state index in [2.05, 4.69) is 9.62 Å². The molecule has 0 radical (unpaired) electrons. The number of nitrogens with one attached hydrogen (secondary N) is 1. The van der Waals surface area contributed by atoms with E-state index in [9.17, 15) is 22.7 Å². The minimum absolute atomic E-state index is 0.0303. The van der Waals surface area contributed by atoms with E-state index in [4.69, 9.17) is 0 Å². The van der Waals surface area contributed by atoms with Gasteiger partial charge in [0.15, 0.2) is 0 Å². The fourth-order valence-electron chi connectivity index (χ4n) is 4.02. The molecule has 0 saturated carbocycles. The van der Waals surface area contributed by atoms with E-state index in [0.29, 0.717) is 38.4 Å². The van der Waals surface area contributed by atoms with Crippen LogP contribution in [-0.2, 0) is 16.6 Å². The molecule has 3 aromatic rings. The van der Waals surface area contributed by atoms with E-state index in [1.54, 1.807) is 30.3 Å². The lowest BCUT2D eigenvalue weighted by Crippen LogP contribution is -2.46. The molecule has 0 spiro atoms. The van der Waals surface area contributed by atoms with Gasteiger partial charge in [-0.15, -0.1) is 0 Å². The topological polar surface area (TPSA) is 90.0 Å². The molecule has 1 aliphatic rings. The number of aryl methyl sites for hydroxylation is 1. The zero-order chi connectivity index (χ0) is 24.3. The molecule has 0 aliphatic carbocycles. The van der Waals surface area contributed by atoms with Crippen LogP contribution in [0, 0.1) is 12.7 Å². The molecule has 2 N–H and O–H groups in total. The van der Waals surface area contributed by atoms with Crippen molar-refractivity contribution in [1.29, 1.82) is 0 Å². The second-order valence-corrected chi connectivity index (χ2v) is 10.0. The highest BCUT2D eigenvalue weighted by molar-refractivity contribution is 7.92. The fraction of sp³-hybridized carbons (Fsp3) is 0.240. The third-order valence-corrected chi connectivity index (χ3v) is 7.22. The first-order valence-corrected chi connectivity index (χ1v) is 12.4. The number of nitrogens with zero attached hydrogens (tertiary/aromatic N) is 2. The molecule has 0 amide bonds. The fourth-order valence-corrected chi connectivity index (χ4v) is 5.07. The molecule has 1 saturated heterocycles. The molecular formula is C25H26FN3O4S. The summed E-state index contributed by atoms with van der Waals surface area (Å²) in [6.07, 6.45) is 0. The van der Waals surface area contributed by atoms with Crippen molar-refractivity contribution in [2.75, 3.05) is 35.8 Å². The lowest BCUT2D eigenvalue weighted by molar-refractivity contribution is 0.0697. The van der Waals surface area contributed by atoms with E-state index in [-0.39, 0.29) is 22.0 Å². The van der Waals surface area contributed by atoms with Gasteiger partial charge in [-0.05, 0) is 55.0 Å². The molecule has 3 aromatic carbocycles. The van der Waals surface area contributed by atoms with Crippen LogP contribution in [0.25, 0.3) is 0 Å². The highest BCUT2D eigenvalue weighted by Gasteiger charge is 2.23. The first-order chi connectivity index (χ1) is 16.2. The van der Waals surface area contributed by atoms with Gasteiger partial charge in [0.05, 0.1) is 16.1 Å². The molecule has 0 aromatic heterocycles. The van der Waals surface area contributed by atoms with Crippen LogP contribution in [0.1, 0.15) is 21.5 Å². The maximum Gasteiger partial charge on any atom is 0.337 e. The van der Waals surface area contributed by atoms with Crippen LogP contribution >= 0.6 is 0 Å². The minimum atomic E-state index is -3.84. The van der Waals surface area contributed by atoms with E-state index in [1.165, 1.54) is 30.3 Å². The van der Waals surface area contributed by atoms with Crippen molar-refractivity contribution in [1.82, 2.24) is 4.90 Å². The van der Waals surface area contributed by atoms with E-state index in [1.807, 2.05) is 17.9 Å². The van der Waals surface area contributed by atoms with Gasteiger partial charge in [0, 0.05) is 38.4 Å². The highest BCUT2D eigenvalue weighted by atomic mass is 32.2. The maximum absolute atomic E-state index is 13.4. The average Bonchev–Trinajstić information content (AvgIpc) is 2.80. The quantitative estimate of drug-likeness (QED) is 0.529. The summed E-state index contributed by atoms with van der Waals surface area (Å²) >= 11 is 0. The van der Waals surface area contributed by atoms with E-state index in [0.717, 1.165) is 11.1 Å². The average molecular weight is 484 g/mol. The highest BCUT2D eigenvalue weighted by Crippen LogP contribution is 2.27. The lowest BCUT2D eigenvalue weighted by atomic mass is 10.1. The molecule has 178 valence electrons. The van der Waals surface area contributed by atoms with Crippen LogP contribution in [0.3, 0.4) is 0 Å². The number of carboxylic acids is 1. The van der Waals surface area contributed by atoms with Crippen LogP contribution in [-0.4, -0.2) is 50.6 Å². The third kappa shape index (κ3) is 5.55. The number of carbonyl (C=O) groups is 1. The molecule has 1 heterocycles. The van der Waals surface area contributed by atoms with Gasteiger partial charge in [-0.1, -0.05) is 29.8 Å². The summed E-state index contributed by atoms with van der Waals surface area (Å²) in [5.41, 5.74) is 2.59. The van der Waals surface area contributed by atoms with Gasteiger partial charge in [0.1, 0.15) is 5.82 Å². The van der Waals surface area contributed by atoms with Crippen molar-refractivity contribution in [3.8, 4) is 0 Å².